The third kappa shape index (κ3) is 2.82. The maximum absolute atomic E-state index is 11.3. The predicted molar refractivity (Wildman–Crippen MR) is 87.6 cm³/mol. The standard InChI is InChI=1S/C15H15BrN2O2S/c1-8-4-2-6-10(12(8)16)17-15-18-13-9(14(19)20)5-3-7-11(13)21-15/h2,4,6,9H,3,5,7H2,1H3,(H,17,18)(H,19,20). The first kappa shape index (κ1) is 14.5. The van der Waals surface area contributed by atoms with Gasteiger partial charge in [0, 0.05) is 9.35 Å². The number of hydrogen-bond acceptors (Lipinski definition) is 4. The first-order valence-corrected chi connectivity index (χ1v) is 8.41. The van der Waals surface area contributed by atoms with E-state index >= 15 is 0 Å². The number of halogens is 1. The molecule has 21 heavy (non-hydrogen) atoms. The van der Waals surface area contributed by atoms with Gasteiger partial charge >= 0.3 is 5.97 Å². The zero-order valence-electron chi connectivity index (χ0n) is 11.5. The highest BCUT2D eigenvalue weighted by Crippen LogP contribution is 2.38. The molecule has 0 saturated heterocycles. The second-order valence-electron chi connectivity index (χ2n) is 5.17. The molecular formula is C15H15BrN2O2S. The maximum atomic E-state index is 11.3. The van der Waals surface area contributed by atoms with Crippen LogP contribution in [0.5, 0.6) is 0 Å². The number of aryl methyl sites for hydroxylation is 2. The molecule has 6 heteroatoms. The second-order valence-corrected chi connectivity index (χ2v) is 7.05. The van der Waals surface area contributed by atoms with Crippen molar-refractivity contribution in [3.8, 4) is 0 Å². The SMILES string of the molecule is Cc1cccc(Nc2nc3c(s2)CCCC3C(=O)O)c1Br. The van der Waals surface area contributed by atoms with Crippen LogP contribution in [0.3, 0.4) is 0 Å². The predicted octanol–water partition coefficient (Wildman–Crippen LogP) is 4.46. The number of aromatic nitrogens is 1. The van der Waals surface area contributed by atoms with Crippen LogP contribution in [0.4, 0.5) is 10.8 Å². The summed E-state index contributed by atoms with van der Waals surface area (Å²) in [6.45, 7) is 2.03. The molecule has 0 amide bonds. The van der Waals surface area contributed by atoms with Gasteiger partial charge in [0.1, 0.15) is 5.92 Å². The van der Waals surface area contributed by atoms with Gasteiger partial charge in [0.25, 0.3) is 0 Å². The van der Waals surface area contributed by atoms with Crippen LogP contribution in [0.15, 0.2) is 22.7 Å². The Balaban J connectivity index is 1.91. The molecule has 1 atom stereocenters. The number of rotatable bonds is 3. The molecule has 3 rings (SSSR count). The minimum atomic E-state index is -0.774. The molecule has 1 aromatic carbocycles. The summed E-state index contributed by atoms with van der Waals surface area (Å²) in [5.74, 6) is -1.23. The van der Waals surface area contributed by atoms with Crippen LogP contribution in [0.2, 0.25) is 0 Å². The molecule has 0 radical (unpaired) electrons. The van der Waals surface area contributed by atoms with Crippen LogP contribution in [0.25, 0.3) is 0 Å². The number of hydrogen-bond donors (Lipinski definition) is 2. The van der Waals surface area contributed by atoms with Gasteiger partial charge in [-0.15, -0.1) is 11.3 Å². The lowest BCUT2D eigenvalue weighted by Crippen LogP contribution is -2.17. The molecule has 0 bridgehead atoms. The fourth-order valence-corrected chi connectivity index (χ4v) is 4.01. The number of nitrogens with zero attached hydrogens (tertiary/aromatic N) is 1. The van der Waals surface area contributed by atoms with E-state index in [1.165, 1.54) is 0 Å². The van der Waals surface area contributed by atoms with Gasteiger partial charge in [0.15, 0.2) is 5.13 Å². The Kier molecular flexibility index (Phi) is 3.99. The lowest BCUT2D eigenvalue weighted by Gasteiger charge is -2.16. The number of benzene rings is 1. The molecule has 0 spiro atoms. The number of anilines is 2. The van der Waals surface area contributed by atoms with E-state index in [0.717, 1.165) is 44.3 Å². The fraction of sp³-hybridized carbons (Fsp3) is 0.333. The summed E-state index contributed by atoms with van der Waals surface area (Å²) in [6.07, 6.45) is 2.52. The largest absolute Gasteiger partial charge is 0.481 e. The van der Waals surface area contributed by atoms with Crippen molar-refractivity contribution in [3.05, 3.63) is 38.8 Å². The zero-order chi connectivity index (χ0) is 15.0. The number of nitrogens with one attached hydrogen (secondary N) is 1. The summed E-state index contributed by atoms with van der Waals surface area (Å²) in [5.41, 5.74) is 2.84. The van der Waals surface area contributed by atoms with Gasteiger partial charge in [0.2, 0.25) is 0 Å². The maximum Gasteiger partial charge on any atom is 0.312 e. The normalized spacial score (nSPS) is 17.3. The average Bonchev–Trinajstić information content (AvgIpc) is 2.85. The van der Waals surface area contributed by atoms with Crippen molar-refractivity contribution in [1.29, 1.82) is 0 Å². The number of carboxylic acids is 1. The van der Waals surface area contributed by atoms with Crippen LogP contribution in [0.1, 0.15) is 34.9 Å². The van der Waals surface area contributed by atoms with Gasteiger partial charge in [-0.3, -0.25) is 4.79 Å². The van der Waals surface area contributed by atoms with Crippen molar-refractivity contribution < 1.29 is 9.90 Å². The van der Waals surface area contributed by atoms with Crippen molar-refractivity contribution in [2.75, 3.05) is 5.32 Å². The second kappa shape index (κ2) is 5.77. The lowest BCUT2D eigenvalue weighted by atomic mass is 9.91. The van der Waals surface area contributed by atoms with Crippen molar-refractivity contribution in [3.63, 3.8) is 0 Å². The minimum absolute atomic E-state index is 0.457. The van der Waals surface area contributed by atoms with Crippen molar-refractivity contribution in [2.24, 2.45) is 0 Å². The Labute approximate surface area is 135 Å². The molecule has 0 fully saturated rings. The first-order valence-electron chi connectivity index (χ1n) is 6.81. The number of carbonyl (C=O) groups is 1. The van der Waals surface area contributed by atoms with Crippen LogP contribution in [-0.4, -0.2) is 16.1 Å². The summed E-state index contributed by atoms with van der Waals surface area (Å²) in [7, 11) is 0. The summed E-state index contributed by atoms with van der Waals surface area (Å²) in [5, 5.41) is 13.4. The summed E-state index contributed by atoms with van der Waals surface area (Å²) >= 11 is 5.12. The molecule has 0 saturated carbocycles. The molecule has 1 aromatic heterocycles. The minimum Gasteiger partial charge on any atom is -0.481 e. The lowest BCUT2D eigenvalue weighted by molar-refractivity contribution is -0.139. The molecule has 110 valence electrons. The third-order valence-corrected chi connectivity index (χ3v) is 5.78. The average molecular weight is 367 g/mol. The quantitative estimate of drug-likeness (QED) is 0.841. The Morgan fingerprint density at radius 1 is 1.52 bits per heavy atom. The Morgan fingerprint density at radius 3 is 3.10 bits per heavy atom. The highest BCUT2D eigenvalue weighted by atomic mass is 79.9. The van der Waals surface area contributed by atoms with E-state index in [0.29, 0.717) is 6.42 Å². The van der Waals surface area contributed by atoms with Crippen LogP contribution >= 0.6 is 27.3 Å². The van der Waals surface area contributed by atoms with E-state index in [2.05, 4.69) is 26.2 Å². The number of fused-ring (bicyclic) bond motifs is 1. The van der Waals surface area contributed by atoms with Crippen molar-refractivity contribution in [2.45, 2.75) is 32.1 Å². The summed E-state index contributed by atoms with van der Waals surface area (Å²) in [4.78, 5) is 16.9. The fourth-order valence-electron chi connectivity index (χ4n) is 2.57. The van der Waals surface area contributed by atoms with Gasteiger partial charge in [-0.25, -0.2) is 4.98 Å². The monoisotopic (exact) mass is 366 g/mol. The Morgan fingerprint density at radius 2 is 2.33 bits per heavy atom. The summed E-state index contributed by atoms with van der Waals surface area (Å²) < 4.78 is 1.01. The molecule has 1 heterocycles. The molecule has 2 N–H and O–H groups in total. The first-order chi connectivity index (χ1) is 10.1. The topological polar surface area (TPSA) is 62.2 Å². The number of carboxylic acid groups (broad SMARTS) is 1. The molecule has 1 unspecified atom stereocenters. The van der Waals surface area contributed by atoms with E-state index < -0.39 is 11.9 Å². The zero-order valence-corrected chi connectivity index (χ0v) is 13.9. The van der Waals surface area contributed by atoms with Crippen LogP contribution in [-0.2, 0) is 11.2 Å². The molecule has 1 aliphatic rings. The van der Waals surface area contributed by atoms with Crippen LogP contribution in [0, 0.1) is 6.92 Å². The molecular weight excluding hydrogens is 352 g/mol. The van der Waals surface area contributed by atoms with E-state index in [1.807, 2.05) is 25.1 Å². The Bertz CT molecular complexity index is 699. The Hall–Kier alpha value is -1.40. The highest BCUT2D eigenvalue weighted by molar-refractivity contribution is 9.10. The molecule has 1 aliphatic carbocycles. The van der Waals surface area contributed by atoms with Crippen LogP contribution < -0.4 is 5.32 Å². The number of thiazole rings is 1. The van der Waals surface area contributed by atoms with Gasteiger partial charge in [0.05, 0.1) is 11.4 Å². The molecule has 0 aliphatic heterocycles. The highest BCUT2D eigenvalue weighted by Gasteiger charge is 2.30. The molecule has 2 aromatic rings. The van der Waals surface area contributed by atoms with E-state index in [1.54, 1.807) is 11.3 Å². The van der Waals surface area contributed by atoms with Crippen molar-refractivity contribution >= 4 is 44.1 Å². The number of aliphatic carboxylic acids is 1. The van der Waals surface area contributed by atoms with E-state index in [-0.39, 0.29) is 0 Å². The smallest absolute Gasteiger partial charge is 0.312 e. The van der Waals surface area contributed by atoms with Gasteiger partial charge < -0.3 is 10.4 Å². The van der Waals surface area contributed by atoms with Gasteiger partial charge in [-0.05, 0) is 53.7 Å². The van der Waals surface area contributed by atoms with Gasteiger partial charge in [-0.1, -0.05) is 12.1 Å². The third-order valence-electron chi connectivity index (χ3n) is 3.69. The van der Waals surface area contributed by atoms with Gasteiger partial charge in [-0.2, -0.15) is 0 Å². The summed E-state index contributed by atoms with van der Waals surface area (Å²) in [6, 6.07) is 5.99. The molecule has 4 nitrogen and oxygen atoms in total. The van der Waals surface area contributed by atoms with Crippen molar-refractivity contribution in [1.82, 2.24) is 4.98 Å². The van der Waals surface area contributed by atoms with E-state index in [4.69, 9.17) is 0 Å². The van der Waals surface area contributed by atoms with E-state index in [9.17, 15) is 9.90 Å².